The van der Waals surface area contributed by atoms with Crippen LogP contribution in [0.5, 0.6) is 0 Å². The van der Waals surface area contributed by atoms with E-state index in [1.807, 2.05) is 25.1 Å². The summed E-state index contributed by atoms with van der Waals surface area (Å²) in [6.45, 7) is 2.44. The Morgan fingerprint density at radius 2 is 1.94 bits per heavy atom. The number of nitrogens with zero attached hydrogens (tertiary/aromatic N) is 2. The molecule has 0 amide bonds. The first-order chi connectivity index (χ1) is 7.68. The zero-order valence-corrected chi connectivity index (χ0v) is 11.7. The van der Waals surface area contributed by atoms with Gasteiger partial charge < -0.3 is 5.32 Å². The number of aromatic nitrogens is 2. The molecule has 84 valence electrons. The molecule has 0 saturated carbocycles. The van der Waals surface area contributed by atoms with E-state index in [9.17, 15) is 0 Å². The second-order valence-corrected chi connectivity index (χ2v) is 4.96. The average molecular weight is 347 g/mol. The summed E-state index contributed by atoms with van der Waals surface area (Å²) in [4.78, 5) is 0. The molecule has 0 aliphatic heterocycles. The smallest absolute Gasteiger partial charge is 0.127 e. The molecule has 0 bridgehead atoms. The van der Waals surface area contributed by atoms with Crippen molar-refractivity contribution in [2.45, 2.75) is 13.5 Å². The molecule has 1 N–H and O–H groups in total. The highest BCUT2D eigenvalue weighted by Gasteiger charge is 2.07. The third-order valence-electron chi connectivity index (χ3n) is 2.14. The molecule has 0 fully saturated rings. The van der Waals surface area contributed by atoms with Crippen LogP contribution in [0.25, 0.3) is 0 Å². The van der Waals surface area contributed by atoms with Gasteiger partial charge in [0.15, 0.2) is 0 Å². The van der Waals surface area contributed by atoms with Crippen LogP contribution in [0.1, 0.15) is 11.4 Å². The monoisotopic (exact) mass is 345 g/mol. The minimum absolute atomic E-state index is 0.580. The molecule has 0 aliphatic rings. The molecule has 1 heterocycles. The number of nitrogens with one attached hydrogen (secondary N) is 1. The summed E-state index contributed by atoms with van der Waals surface area (Å²) >= 11 is 6.96. The normalized spacial score (nSPS) is 10.4. The number of halogens is 2. The van der Waals surface area contributed by atoms with Gasteiger partial charge in [0.1, 0.15) is 11.4 Å². The summed E-state index contributed by atoms with van der Waals surface area (Å²) in [6.07, 6.45) is 0. The van der Waals surface area contributed by atoms with Gasteiger partial charge in [-0.15, -0.1) is 0 Å². The number of benzene rings is 1. The van der Waals surface area contributed by atoms with Gasteiger partial charge in [0.05, 0.1) is 12.2 Å². The lowest BCUT2D eigenvalue weighted by Crippen LogP contribution is -2.02. The molecular weight excluding hydrogens is 338 g/mol. The highest BCUT2D eigenvalue weighted by molar-refractivity contribution is 9.11. The van der Waals surface area contributed by atoms with Crippen LogP contribution >= 0.6 is 31.9 Å². The molecule has 0 radical (unpaired) electrons. The maximum absolute atomic E-state index is 4.63. The van der Waals surface area contributed by atoms with Gasteiger partial charge in [0.2, 0.25) is 0 Å². The van der Waals surface area contributed by atoms with Crippen molar-refractivity contribution in [1.29, 1.82) is 0 Å². The second-order valence-electron chi connectivity index (χ2n) is 3.25. The second kappa shape index (κ2) is 4.97. The van der Waals surface area contributed by atoms with Gasteiger partial charge in [-0.1, -0.05) is 16.4 Å². The standard InChI is InChI=1S/C10H9Br2N3O/c1-6-9(15-16-14-6)5-13-10-7(11)3-2-4-8(10)12/h2-4,13H,5H2,1H3. The molecule has 0 atom stereocenters. The van der Waals surface area contributed by atoms with Crippen LogP contribution in [-0.4, -0.2) is 10.3 Å². The lowest BCUT2D eigenvalue weighted by atomic mass is 10.3. The Kier molecular flexibility index (Phi) is 3.60. The van der Waals surface area contributed by atoms with Crippen LogP contribution in [0.15, 0.2) is 31.8 Å². The van der Waals surface area contributed by atoms with E-state index < -0.39 is 0 Å². The lowest BCUT2D eigenvalue weighted by Gasteiger charge is -2.08. The fourth-order valence-electron chi connectivity index (χ4n) is 1.25. The Bertz CT molecular complexity index is 478. The maximum Gasteiger partial charge on any atom is 0.127 e. The van der Waals surface area contributed by atoms with Gasteiger partial charge in [-0.05, 0) is 50.9 Å². The van der Waals surface area contributed by atoms with Crippen molar-refractivity contribution in [3.63, 3.8) is 0 Å². The van der Waals surface area contributed by atoms with Crippen molar-refractivity contribution in [2.24, 2.45) is 0 Å². The first kappa shape index (κ1) is 11.6. The van der Waals surface area contributed by atoms with Crippen LogP contribution in [0, 0.1) is 6.92 Å². The summed E-state index contributed by atoms with van der Waals surface area (Å²) < 4.78 is 6.62. The number of anilines is 1. The zero-order valence-electron chi connectivity index (χ0n) is 8.50. The Morgan fingerprint density at radius 3 is 2.50 bits per heavy atom. The van der Waals surface area contributed by atoms with Crippen molar-refractivity contribution in [2.75, 3.05) is 5.32 Å². The van der Waals surface area contributed by atoms with Gasteiger partial charge in [-0.25, -0.2) is 4.63 Å². The van der Waals surface area contributed by atoms with E-state index in [1.54, 1.807) is 0 Å². The maximum atomic E-state index is 4.63. The summed E-state index contributed by atoms with van der Waals surface area (Å²) in [6, 6.07) is 5.91. The molecule has 6 heteroatoms. The molecule has 1 aromatic heterocycles. The van der Waals surface area contributed by atoms with Crippen LogP contribution < -0.4 is 5.32 Å². The number of para-hydroxylation sites is 1. The molecule has 0 aliphatic carbocycles. The van der Waals surface area contributed by atoms with Crippen LogP contribution in [-0.2, 0) is 6.54 Å². The Labute approximate surface area is 110 Å². The van der Waals surface area contributed by atoms with Crippen molar-refractivity contribution >= 4 is 37.5 Å². The summed E-state index contributed by atoms with van der Waals surface area (Å²) in [5.41, 5.74) is 2.60. The van der Waals surface area contributed by atoms with E-state index >= 15 is 0 Å². The van der Waals surface area contributed by atoms with Crippen molar-refractivity contribution in [3.8, 4) is 0 Å². The Balaban J connectivity index is 2.14. The SMILES string of the molecule is Cc1nonc1CNc1c(Br)cccc1Br. The van der Waals surface area contributed by atoms with E-state index in [-0.39, 0.29) is 0 Å². The molecule has 2 aromatic rings. The Morgan fingerprint density at radius 1 is 1.25 bits per heavy atom. The van der Waals surface area contributed by atoms with Gasteiger partial charge >= 0.3 is 0 Å². The van der Waals surface area contributed by atoms with Crippen molar-refractivity contribution in [3.05, 3.63) is 38.5 Å². The summed E-state index contributed by atoms with van der Waals surface area (Å²) in [5, 5.41) is 10.8. The summed E-state index contributed by atoms with van der Waals surface area (Å²) in [5.74, 6) is 0. The third kappa shape index (κ3) is 2.44. The van der Waals surface area contributed by atoms with Gasteiger partial charge in [0.25, 0.3) is 0 Å². The van der Waals surface area contributed by atoms with Crippen molar-refractivity contribution < 1.29 is 4.63 Å². The van der Waals surface area contributed by atoms with E-state index in [2.05, 4.69) is 52.1 Å². The number of rotatable bonds is 3. The Hall–Kier alpha value is -0.880. The molecule has 0 unspecified atom stereocenters. The molecule has 4 nitrogen and oxygen atoms in total. The van der Waals surface area contributed by atoms with E-state index in [0.29, 0.717) is 6.54 Å². The largest absolute Gasteiger partial charge is 0.377 e. The number of hydrogen-bond donors (Lipinski definition) is 1. The van der Waals surface area contributed by atoms with Gasteiger partial charge in [0, 0.05) is 8.95 Å². The van der Waals surface area contributed by atoms with E-state index in [0.717, 1.165) is 26.0 Å². The first-order valence-corrected chi connectivity index (χ1v) is 6.23. The average Bonchev–Trinajstić information content (AvgIpc) is 2.64. The highest BCUT2D eigenvalue weighted by atomic mass is 79.9. The molecule has 1 aromatic carbocycles. The molecule has 0 spiro atoms. The minimum Gasteiger partial charge on any atom is -0.377 e. The fraction of sp³-hybridized carbons (Fsp3) is 0.200. The molecule has 16 heavy (non-hydrogen) atoms. The number of aryl methyl sites for hydroxylation is 1. The predicted octanol–water partition coefficient (Wildman–Crippen LogP) is 3.52. The van der Waals surface area contributed by atoms with Gasteiger partial charge in [-0.2, -0.15) is 0 Å². The fourth-order valence-corrected chi connectivity index (χ4v) is 2.53. The van der Waals surface area contributed by atoms with Crippen molar-refractivity contribution in [1.82, 2.24) is 10.3 Å². The quantitative estimate of drug-likeness (QED) is 0.923. The first-order valence-electron chi connectivity index (χ1n) is 4.64. The number of hydrogen-bond acceptors (Lipinski definition) is 4. The highest BCUT2D eigenvalue weighted by Crippen LogP contribution is 2.30. The third-order valence-corrected chi connectivity index (χ3v) is 3.46. The van der Waals surface area contributed by atoms with Crippen LogP contribution in [0.3, 0.4) is 0 Å². The zero-order chi connectivity index (χ0) is 11.5. The van der Waals surface area contributed by atoms with E-state index in [4.69, 9.17) is 0 Å². The van der Waals surface area contributed by atoms with Crippen LogP contribution in [0.4, 0.5) is 5.69 Å². The van der Waals surface area contributed by atoms with Crippen LogP contribution in [0.2, 0.25) is 0 Å². The van der Waals surface area contributed by atoms with Gasteiger partial charge in [-0.3, -0.25) is 0 Å². The molecule has 2 rings (SSSR count). The summed E-state index contributed by atoms with van der Waals surface area (Å²) in [7, 11) is 0. The topological polar surface area (TPSA) is 51.0 Å². The molecule has 0 saturated heterocycles. The molecular formula is C10H9Br2N3O. The predicted molar refractivity (Wildman–Crippen MR) is 68.2 cm³/mol. The minimum atomic E-state index is 0.580. The van der Waals surface area contributed by atoms with E-state index in [1.165, 1.54) is 0 Å². The lowest BCUT2D eigenvalue weighted by molar-refractivity contribution is 0.301.